The minimum Gasteiger partial charge on any atom is -0.322 e. The van der Waals surface area contributed by atoms with Crippen molar-refractivity contribution in [3.63, 3.8) is 0 Å². The Kier molecular flexibility index (Phi) is 4.30. The number of rotatable bonds is 3. The zero-order valence-corrected chi connectivity index (χ0v) is 13.5. The van der Waals surface area contributed by atoms with Crippen molar-refractivity contribution in [2.24, 2.45) is 0 Å². The van der Waals surface area contributed by atoms with E-state index in [1.165, 1.54) is 0 Å². The molecule has 1 aromatic rings. The number of hydrogen-bond acceptors (Lipinski definition) is 3. The molecule has 118 valence electrons. The summed E-state index contributed by atoms with van der Waals surface area (Å²) in [6.45, 7) is 2.25. The first-order valence-corrected chi connectivity index (χ1v) is 8.03. The number of imide groups is 1. The van der Waals surface area contributed by atoms with Gasteiger partial charge < -0.3 is 10.2 Å². The summed E-state index contributed by atoms with van der Waals surface area (Å²) in [7, 11) is 0. The number of piperidine rings is 1. The van der Waals surface area contributed by atoms with Crippen molar-refractivity contribution in [1.82, 2.24) is 15.5 Å². The van der Waals surface area contributed by atoms with Gasteiger partial charge in [0.1, 0.15) is 5.54 Å². The third kappa shape index (κ3) is 3.21. The molecule has 22 heavy (non-hydrogen) atoms. The molecular weight excluding hydrogens is 325 g/mol. The highest BCUT2D eigenvalue weighted by Gasteiger charge is 2.48. The monoisotopic (exact) mass is 341 g/mol. The van der Waals surface area contributed by atoms with Crippen molar-refractivity contribution >= 4 is 35.1 Å². The second-order valence-corrected chi connectivity index (χ2v) is 6.77. The third-order valence-electron chi connectivity index (χ3n) is 4.22. The van der Waals surface area contributed by atoms with E-state index in [0.717, 1.165) is 31.5 Å². The summed E-state index contributed by atoms with van der Waals surface area (Å²) in [6, 6.07) is 5.11. The van der Waals surface area contributed by atoms with Gasteiger partial charge in [-0.1, -0.05) is 23.2 Å². The number of nitrogens with one attached hydrogen (secondary N) is 2. The van der Waals surface area contributed by atoms with Crippen molar-refractivity contribution in [3.05, 3.63) is 33.8 Å². The summed E-state index contributed by atoms with van der Waals surface area (Å²) < 4.78 is 0. The normalized spacial score (nSPS) is 25.4. The molecule has 3 amide bonds. The lowest BCUT2D eigenvalue weighted by molar-refractivity contribution is -0.125. The van der Waals surface area contributed by atoms with E-state index in [9.17, 15) is 9.59 Å². The van der Waals surface area contributed by atoms with Crippen LogP contribution in [0.15, 0.2) is 18.2 Å². The molecular formula is C15H17Cl2N3O2. The zero-order valence-electron chi connectivity index (χ0n) is 12.0. The molecule has 0 aromatic heterocycles. The number of benzene rings is 1. The predicted molar refractivity (Wildman–Crippen MR) is 85.2 cm³/mol. The fourth-order valence-electron chi connectivity index (χ4n) is 3.19. The number of nitrogens with zero attached hydrogens (tertiary/aromatic N) is 1. The Morgan fingerprint density at radius 3 is 2.55 bits per heavy atom. The number of halogens is 2. The van der Waals surface area contributed by atoms with Crippen LogP contribution in [0.25, 0.3) is 0 Å². The lowest BCUT2D eigenvalue weighted by Crippen LogP contribution is -2.58. The van der Waals surface area contributed by atoms with Gasteiger partial charge in [0.25, 0.3) is 5.91 Å². The van der Waals surface area contributed by atoms with E-state index < -0.39 is 11.6 Å². The van der Waals surface area contributed by atoms with Gasteiger partial charge in [-0.3, -0.25) is 10.1 Å². The Hall–Kier alpha value is -1.30. The third-order valence-corrected chi connectivity index (χ3v) is 4.66. The minimum absolute atomic E-state index is 0.215. The van der Waals surface area contributed by atoms with Crippen molar-refractivity contribution in [3.8, 4) is 0 Å². The smallest absolute Gasteiger partial charge is 0.322 e. The maximum Gasteiger partial charge on any atom is 0.322 e. The molecule has 1 atom stereocenters. The van der Waals surface area contributed by atoms with Crippen LogP contribution in [0.1, 0.15) is 18.4 Å². The minimum atomic E-state index is -0.763. The average Bonchev–Trinajstić information content (AvgIpc) is 2.69. The summed E-state index contributed by atoms with van der Waals surface area (Å²) in [6.07, 6.45) is 2.36. The molecule has 5 nitrogen and oxygen atoms in total. The lowest BCUT2D eigenvalue weighted by atomic mass is 9.89. The van der Waals surface area contributed by atoms with Crippen molar-refractivity contribution in [2.45, 2.75) is 24.8 Å². The molecule has 2 saturated heterocycles. The van der Waals surface area contributed by atoms with Crippen LogP contribution < -0.4 is 10.6 Å². The number of carbonyl (C=O) groups is 2. The Morgan fingerprint density at radius 1 is 1.18 bits per heavy atom. The Balaban J connectivity index is 1.63. The molecule has 2 aliphatic rings. The maximum absolute atomic E-state index is 12.0. The van der Waals surface area contributed by atoms with Crippen LogP contribution in [-0.4, -0.2) is 42.0 Å². The predicted octanol–water partition coefficient (Wildman–Crippen LogP) is 2.21. The molecule has 2 heterocycles. The molecule has 1 aromatic carbocycles. The van der Waals surface area contributed by atoms with Gasteiger partial charge >= 0.3 is 6.03 Å². The largest absolute Gasteiger partial charge is 0.322 e. The van der Waals surface area contributed by atoms with Crippen LogP contribution in [0, 0.1) is 0 Å². The lowest BCUT2D eigenvalue weighted by Gasteiger charge is -2.38. The first kappa shape index (κ1) is 15.6. The number of amides is 3. The van der Waals surface area contributed by atoms with E-state index in [1.54, 1.807) is 6.07 Å². The van der Waals surface area contributed by atoms with Gasteiger partial charge in [0.2, 0.25) is 0 Å². The van der Waals surface area contributed by atoms with E-state index in [-0.39, 0.29) is 5.91 Å². The molecule has 0 saturated carbocycles. The Morgan fingerprint density at radius 2 is 1.91 bits per heavy atom. The summed E-state index contributed by atoms with van der Waals surface area (Å²) in [5, 5.41) is 6.37. The van der Waals surface area contributed by atoms with Gasteiger partial charge in [-0.25, -0.2) is 4.79 Å². The van der Waals surface area contributed by atoms with Gasteiger partial charge in [0.05, 0.1) is 0 Å². The molecule has 2 fully saturated rings. The topological polar surface area (TPSA) is 61.4 Å². The van der Waals surface area contributed by atoms with E-state index in [0.29, 0.717) is 23.0 Å². The second-order valence-electron chi connectivity index (χ2n) is 5.90. The van der Waals surface area contributed by atoms with Crippen LogP contribution in [-0.2, 0) is 11.2 Å². The SMILES string of the molecule is O=C1NC(=O)[C@@]2(CCCN(CCc3cc(Cl)cc(Cl)c3)C2)N1. The van der Waals surface area contributed by atoms with E-state index >= 15 is 0 Å². The molecule has 2 N–H and O–H groups in total. The standard InChI is InChI=1S/C15H17Cl2N3O2/c16-11-6-10(7-12(17)8-11)2-5-20-4-1-3-15(9-20)13(21)18-14(22)19-15/h6-8H,1-5,9H2,(H2,18,19,21,22)/t15-/m0/s1. The van der Waals surface area contributed by atoms with Crippen LogP contribution in [0.4, 0.5) is 4.79 Å². The second kappa shape index (κ2) is 6.07. The Labute approximate surface area is 138 Å². The quantitative estimate of drug-likeness (QED) is 0.828. The molecule has 0 unspecified atom stereocenters. The van der Waals surface area contributed by atoms with E-state index in [2.05, 4.69) is 15.5 Å². The van der Waals surface area contributed by atoms with Gasteiger partial charge in [0.15, 0.2) is 0 Å². The average molecular weight is 342 g/mol. The van der Waals surface area contributed by atoms with E-state index in [4.69, 9.17) is 23.2 Å². The van der Waals surface area contributed by atoms with Crippen LogP contribution >= 0.6 is 23.2 Å². The molecule has 0 aliphatic carbocycles. The zero-order chi connectivity index (χ0) is 15.7. The summed E-state index contributed by atoms with van der Waals surface area (Å²) in [4.78, 5) is 25.6. The highest BCUT2D eigenvalue weighted by atomic mass is 35.5. The first-order valence-electron chi connectivity index (χ1n) is 7.28. The van der Waals surface area contributed by atoms with Gasteiger partial charge in [-0.15, -0.1) is 0 Å². The fraction of sp³-hybridized carbons (Fsp3) is 0.467. The number of carbonyl (C=O) groups excluding carboxylic acids is 2. The van der Waals surface area contributed by atoms with Crippen LogP contribution in [0.2, 0.25) is 10.0 Å². The van der Waals surface area contributed by atoms with Crippen LogP contribution in [0.5, 0.6) is 0 Å². The maximum atomic E-state index is 12.0. The molecule has 0 bridgehead atoms. The number of likely N-dealkylation sites (tertiary alicyclic amines) is 1. The fourth-order valence-corrected chi connectivity index (χ4v) is 3.76. The van der Waals surface area contributed by atoms with Gasteiger partial charge in [0, 0.05) is 23.1 Å². The summed E-state index contributed by atoms with van der Waals surface area (Å²) in [5.74, 6) is -0.215. The molecule has 0 radical (unpaired) electrons. The number of hydrogen-bond donors (Lipinski definition) is 2. The van der Waals surface area contributed by atoms with Crippen LogP contribution in [0.3, 0.4) is 0 Å². The van der Waals surface area contributed by atoms with E-state index in [1.807, 2.05) is 12.1 Å². The first-order chi connectivity index (χ1) is 10.5. The number of urea groups is 1. The summed E-state index contributed by atoms with van der Waals surface area (Å²) >= 11 is 12.0. The molecule has 1 spiro atoms. The molecule has 3 rings (SSSR count). The van der Waals surface area contributed by atoms with Crippen molar-refractivity contribution in [1.29, 1.82) is 0 Å². The molecule has 7 heteroatoms. The van der Waals surface area contributed by atoms with Crippen molar-refractivity contribution in [2.75, 3.05) is 19.6 Å². The highest BCUT2D eigenvalue weighted by molar-refractivity contribution is 6.34. The van der Waals surface area contributed by atoms with Gasteiger partial charge in [-0.2, -0.15) is 0 Å². The molecule has 2 aliphatic heterocycles. The van der Waals surface area contributed by atoms with Gasteiger partial charge in [-0.05, 0) is 49.6 Å². The summed E-state index contributed by atoms with van der Waals surface area (Å²) in [5.41, 5.74) is 0.304. The highest BCUT2D eigenvalue weighted by Crippen LogP contribution is 2.25. The Bertz CT molecular complexity index is 603. The van der Waals surface area contributed by atoms with Crippen molar-refractivity contribution < 1.29 is 9.59 Å².